The van der Waals surface area contributed by atoms with Crippen LogP contribution in [0.5, 0.6) is 0 Å². The number of carboxylic acid groups (broad SMARTS) is 1. The van der Waals surface area contributed by atoms with Crippen LogP contribution >= 0.6 is 0 Å². The Kier molecular flexibility index (Phi) is 4.86. The van der Waals surface area contributed by atoms with Crippen LogP contribution in [0.2, 0.25) is 0 Å². The highest BCUT2D eigenvalue weighted by Crippen LogP contribution is 2.05. The molecule has 0 amide bonds. The molecule has 1 N–H and O–H groups in total. The minimum Gasteiger partial charge on any atom is -0.480 e. The van der Waals surface area contributed by atoms with Gasteiger partial charge in [-0.05, 0) is 20.5 Å². The first-order valence-corrected chi connectivity index (χ1v) is 3.98. The second-order valence-corrected chi connectivity index (χ2v) is 2.96. The maximum absolute atomic E-state index is 10.6. The van der Waals surface area contributed by atoms with E-state index in [2.05, 4.69) is 6.92 Å². The number of hydrogen-bond acceptors (Lipinski definition) is 2. The lowest BCUT2D eigenvalue weighted by Gasteiger charge is -2.19. The Morgan fingerprint density at radius 3 is 2.36 bits per heavy atom. The predicted octanol–water partition coefficient (Wildman–Crippen LogP) is 1.19. The van der Waals surface area contributed by atoms with Crippen molar-refractivity contribution in [3.05, 3.63) is 0 Å². The van der Waals surface area contributed by atoms with Crippen molar-refractivity contribution in [3.8, 4) is 0 Å². The maximum Gasteiger partial charge on any atom is 0.320 e. The molecule has 0 aliphatic carbocycles. The zero-order valence-electron chi connectivity index (χ0n) is 7.50. The third-order valence-electron chi connectivity index (χ3n) is 1.74. The highest BCUT2D eigenvalue weighted by atomic mass is 16.4. The van der Waals surface area contributed by atoms with E-state index in [1.807, 2.05) is 0 Å². The molecule has 0 fully saturated rings. The van der Waals surface area contributed by atoms with E-state index < -0.39 is 5.97 Å². The average molecular weight is 159 g/mol. The van der Waals surface area contributed by atoms with Crippen LogP contribution in [0, 0.1) is 0 Å². The van der Waals surface area contributed by atoms with E-state index in [9.17, 15) is 4.79 Å². The monoisotopic (exact) mass is 159 g/mol. The van der Waals surface area contributed by atoms with Crippen LogP contribution in [-0.4, -0.2) is 36.1 Å². The summed E-state index contributed by atoms with van der Waals surface area (Å²) in [6, 6.07) is -0.310. The molecule has 0 aliphatic heterocycles. The lowest BCUT2D eigenvalue weighted by Crippen LogP contribution is -2.35. The molecule has 0 aromatic heterocycles. The second-order valence-electron chi connectivity index (χ2n) is 2.96. The number of aliphatic carboxylic acids is 1. The van der Waals surface area contributed by atoms with Gasteiger partial charge in [0.15, 0.2) is 0 Å². The van der Waals surface area contributed by atoms with Gasteiger partial charge < -0.3 is 5.11 Å². The van der Waals surface area contributed by atoms with Crippen LogP contribution in [0.3, 0.4) is 0 Å². The summed E-state index contributed by atoms with van der Waals surface area (Å²) in [6.07, 6.45) is 2.78. The normalized spacial score (nSPS) is 13.5. The summed E-state index contributed by atoms with van der Waals surface area (Å²) >= 11 is 0. The Labute approximate surface area is 68.0 Å². The molecule has 0 rings (SSSR count). The summed E-state index contributed by atoms with van der Waals surface area (Å²) < 4.78 is 0. The third-order valence-corrected chi connectivity index (χ3v) is 1.74. The molecular weight excluding hydrogens is 142 g/mol. The number of nitrogens with zero attached hydrogens (tertiary/aromatic N) is 1. The zero-order chi connectivity index (χ0) is 8.85. The fourth-order valence-corrected chi connectivity index (χ4v) is 1.00. The fraction of sp³-hybridized carbons (Fsp3) is 0.875. The quantitative estimate of drug-likeness (QED) is 0.655. The first-order chi connectivity index (χ1) is 5.09. The predicted molar refractivity (Wildman–Crippen MR) is 44.6 cm³/mol. The summed E-state index contributed by atoms with van der Waals surface area (Å²) in [6.45, 7) is 2.06. The molecule has 0 unspecified atom stereocenters. The lowest BCUT2D eigenvalue weighted by atomic mass is 10.1. The van der Waals surface area contributed by atoms with Crippen LogP contribution in [0.4, 0.5) is 0 Å². The minimum absolute atomic E-state index is 0.310. The van der Waals surface area contributed by atoms with Gasteiger partial charge in [-0.1, -0.05) is 19.8 Å². The molecule has 0 aromatic rings. The minimum atomic E-state index is -0.719. The second kappa shape index (κ2) is 5.13. The number of carbonyl (C=O) groups is 1. The highest BCUT2D eigenvalue weighted by Gasteiger charge is 2.17. The van der Waals surface area contributed by atoms with Crippen molar-refractivity contribution < 1.29 is 9.90 Å². The fourth-order valence-electron chi connectivity index (χ4n) is 1.00. The standard InChI is InChI=1S/C8H17NO2/c1-4-5-6-7(8(10)11)9(2)3/h7H,4-6H2,1-3H3,(H,10,11)/t7-/m0/s1. The molecule has 3 nitrogen and oxygen atoms in total. The van der Waals surface area contributed by atoms with E-state index in [0.29, 0.717) is 0 Å². The van der Waals surface area contributed by atoms with E-state index in [1.54, 1.807) is 19.0 Å². The number of carboxylic acids is 1. The van der Waals surface area contributed by atoms with Gasteiger partial charge in [0.1, 0.15) is 6.04 Å². The average Bonchev–Trinajstić information content (AvgIpc) is 1.87. The third kappa shape index (κ3) is 3.98. The molecule has 0 aromatic carbocycles. The van der Waals surface area contributed by atoms with Gasteiger partial charge in [0, 0.05) is 0 Å². The van der Waals surface area contributed by atoms with E-state index >= 15 is 0 Å². The Morgan fingerprint density at radius 2 is 2.09 bits per heavy atom. The number of hydrogen-bond donors (Lipinski definition) is 1. The van der Waals surface area contributed by atoms with E-state index in [1.165, 1.54) is 0 Å². The molecule has 3 heteroatoms. The van der Waals surface area contributed by atoms with E-state index in [4.69, 9.17) is 5.11 Å². The molecule has 0 heterocycles. The summed E-state index contributed by atoms with van der Waals surface area (Å²) in [5.41, 5.74) is 0. The molecular formula is C8H17NO2. The molecule has 0 saturated heterocycles. The summed E-state index contributed by atoms with van der Waals surface area (Å²) in [7, 11) is 3.60. The zero-order valence-corrected chi connectivity index (χ0v) is 7.50. The van der Waals surface area contributed by atoms with Crippen LogP contribution in [0.15, 0.2) is 0 Å². The van der Waals surface area contributed by atoms with Gasteiger partial charge in [-0.25, -0.2) is 0 Å². The van der Waals surface area contributed by atoms with Crippen molar-refractivity contribution in [2.45, 2.75) is 32.2 Å². The molecule has 0 bridgehead atoms. The van der Waals surface area contributed by atoms with Gasteiger partial charge in [0.05, 0.1) is 0 Å². The summed E-state index contributed by atoms with van der Waals surface area (Å²) in [5, 5.41) is 8.73. The smallest absolute Gasteiger partial charge is 0.320 e. The summed E-state index contributed by atoms with van der Waals surface area (Å²) in [4.78, 5) is 12.4. The van der Waals surface area contributed by atoms with Crippen molar-refractivity contribution in [2.75, 3.05) is 14.1 Å². The summed E-state index contributed by atoms with van der Waals surface area (Å²) in [5.74, 6) is -0.719. The maximum atomic E-state index is 10.6. The molecule has 0 aliphatic rings. The Balaban J connectivity index is 3.80. The molecule has 0 saturated carbocycles. The highest BCUT2D eigenvalue weighted by molar-refractivity contribution is 5.73. The Morgan fingerprint density at radius 1 is 1.55 bits per heavy atom. The van der Waals surface area contributed by atoms with Crippen LogP contribution in [0.1, 0.15) is 26.2 Å². The first kappa shape index (κ1) is 10.4. The van der Waals surface area contributed by atoms with Gasteiger partial charge in [0.25, 0.3) is 0 Å². The number of likely N-dealkylation sites (N-methyl/N-ethyl adjacent to an activating group) is 1. The van der Waals surface area contributed by atoms with Crippen molar-refractivity contribution in [1.29, 1.82) is 0 Å². The van der Waals surface area contributed by atoms with Gasteiger partial charge >= 0.3 is 5.97 Å². The SMILES string of the molecule is CCCC[C@@H](C(=O)O)N(C)C. The largest absolute Gasteiger partial charge is 0.480 e. The van der Waals surface area contributed by atoms with Crippen molar-refractivity contribution >= 4 is 5.97 Å². The molecule has 11 heavy (non-hydrogen) atoms. The van der Waals surface area contributed by atoms with Crippen LogP contribution in [-0.2, 0) is 4.79 Å². The Bertz CT molecular complexity index is 123. The first-order valence-electron chi connectivity index (χ1n) is 3.98. The van der Waals surface area contributed by atoms with Crippen LogP contribution < -0.4 is 0 Å². The van der Waals surface area contributed by atoms with Crippen molar-refractivity contribution in [1.82, 2.24) is 4.90 Å². The van der Waals surface area contributed by atoms with Gasteiger partial charge in [-0.3, -0.25) is 9.69 Å². The number of rotatable bonds is 5. The van der Waals surface area contributed by atoms with Crippen LogP contribution in [0.25, 0.3) is 0 Å². The van der Waals surface area contributed by atoms with Gasteiger partial charge in [-0.15, -0.1) is 0 Å². The molecule has 0 radical (unpaired) electrons. The molecule has 66 valence electrons. The molecule has 0 spiro atoms. The lowest BCUT2D eigenvalue weighted by molar-refractivity contribution is -0.142. The van der Waals surface area contributed by atoms with Gasteiger partial charge in [-0.2, -0.15) is 0 Å². The van der Waals surface area contributed by atoms with E-state index in [0.717, 1.165) is 19.3 Å². The molecule has 1 atom stereocenters. The Hall–Kier alpha value is -0.570. The van der Waals surface area contributed by atoms with E-state index in [-0.39, 0.29) is 6.04 Å². The topological polar surface area (TPSA) is 40.5 Å². The van der Waals surface area contributed by atoms with Crippen molar-refractivity contribution in [3.63, 3.8) is 0 Å². The van der Waals surface area contributed by atoms with Gasteiger partial charge in [0.2, 0.25) is 0 Å². The van der Waals surface area contributed by atoms with Crippen molar-refractivity contribution in [2.24, 2.45) is 0 Å². The number of unbranched alkanes of at least 4 members (excludes halogenated alkanes) is 1.